The largest absolute Gasteiger partial charge is 0.509 e. The van der Waals surface area contributed by atoms with Gasteiger partial charge < -0.3 is 23.5 Å². The van der Waals surface area contributed by atoms with Crippen LogP contribution in [-0.4, -0.2) is 9.55 Å². The normalized spacial score (nSPS) is 14.2. The van der Waals surface area contributed by atoms with Gasteiger partial charge in [0.2, 0.25) is 0 Å². The molecule has 2 aliphatic rings. The summed E-state index contributed by atoms with van der Waals surface area (Å²) in [6, 6.07) is 61.3. The SMILES string of the molecule is [Pt].[c-]1c2cccc1N1[CH-]N(c3oc4ccccc4c31)C(c1ccccc1)(c1ccccc1)c1cccc(n1)-n1c3[c-]c(ccc3c3ccccc31)O2. The minimum atomic E-state index is -0.974. The second-order valence-electron chi connectivity index (χ2n) is 12.9. The summed E-state index contributed by atoms with van der Waals surface area (Å²) in [5.74, 6) is 2.65. The van der Waals surface area contributed by atoms with Gasteiger partial charge in [0, 0.05) is 43.5 Å². The monoisotopic (exact) mass is 850 g/mol. The van der Waals surface area contributed by atoms with Crippen LogP contribution in [0, 0.1) is 18.8 Å². The predicted molar refractivity (Wildman–Crippen MR) is 201 cm³/mol. The summed E-state index contributed by atoms with van der Waals surface area (Å²) in [6.45, 7) is 2.12. The molecule has 5 heterocycles. The van der Waals surface area contributed by atoms with E-state index in [0.717, 1.165) is 66.8 Å². The Balaban J connectivity index is 0.00000338. The molecule has 0 atom stereocenters. The second-order valence-corrected chi connectivity index (χ2v) is 12.9. The van der Waals surface area contributed by atoms with Gasteiger partial charge in [-0.2, -0.15) is 12.1 Å². The molecule has 2 aliphatic heterocycles. The van der Waals surface area contributed by atoms with E-state index in [9.17, 15) is 0 Å². The van der Waals surface area contributed by atoms with Gasteiger partial charge in [-0.15, -0.1) is 48.1 Å². The first-order valence-electron chi connectivity index (χ1n) is 17.0. The fourth-order valence-electron chi connectivity index (χ4n) is 7.96. The summed E-state index contributed by atoms with van der Waals surface area (Å²) in [7, 11) is 0. The van der Waals surface area contributed by atoms with Crippen LogP contribution in [0.1, 0.15) is 16.8 Å². The van der Waals surface area contributed by atoms with Gasteiger partial charge >= 0.3 is 0 Å². The quantitative estimate of drug-likeness (QED) is 0.162. The van der Waals surface area contributed by atoms with Gasteiger partial charge in [-0.05, 0) is 46.8 Å². The van der Waals surface area contributed by atoms with Crippen LogP contribution in [0.15, 0.2) is 162 Å². The van der Waals surface area contributed by atoms with E-state index in [-0.39, 0.29) is 21.1 Å². The molecule has 0 fully saturated rings. The molecule has 7 heteroatoms. The Morgan fingerprint density at radius 3 is 2.10 bits per heavy atom. The molecule has 0 unspecified atom stereocenters. The van der Waals surface area contributed by atoms with Crippen LogP contribution in [0.2, 0.25) is 0 Å². The standard InChI is InChI=1S/C45H27N4O2.Pt/c1-3-13-30(14-4-1)45(31-15-5-2-6-16-31)41-23-12-24-42(46-41)49-38-21-9-7-19-35(38)36-26-25-34(28-39(36)49)50-33-18-11-17-32(27-33)47-29-48(45)44-43(47)37-20-8-10-22-40(37)51-44;/h1-26,29H;/q-3;. The maximum absolute atomic E-state index is 6.89. The third-order valence-corrected chi connectivity index (χ3v) is 10.1. The molecule has 0 saturated heterocycles. The van der Waals surface area contributed by atoms with Crippen molar-refractivity contribution in [1.29, 1.82) is 0 Å². The van der Waals surface area contributed by atoms with Crippen LogP contribution in [-0.2, 0) is 26.6 Å². The fraction of sp³-hybridized carbons (Fsp3) is 0.0222. The smallest absolute Gasteiger partial charge is 0.191 e. The maximum Gasteiger partial charge on any atom is 0.191 e. The number of ether oxygens (including phenoxy) is 1. The van der Waals surface area contributed by atoms with Crippen LogP contribution in [0.4, 0.5) is 17.3 Å². The number of rotatable bonds is 2. The van der Waals surface area contributed by atoms with Crippen molar-refractivity contribution in [3.63, 3.8) is 0 Å². The van der Waals surface area contributed by atoms with E-state index in [0.29, 0.717) is 17.4 Å². The zero-order valence-corrected chi connectivity index (χ0v) is 29.8. The van der Waals surface area contributed by atoms with E-state index in [1.807, 2.05) is 42.5 Å². The summed E-state index contributed by atoms with van der Waals surface area (Å²) in [5.41, 5.74) is 6.36. The fourth-order valence-corrected chi connectivity index (χ4v) is 7.96. The van der Waals surface area contributed by atoms with Crippen molar-refractivity contribution >= 4 is 50.0 Å². The molecule has 0 aliphatic carbocycles. The van der Waals surface area contributed by atoms with Crippen molar-refractivity contribution in [2.75, 3.05) is 9.80 Å². The van der Waals surface area contributed by atoms with E-state index in [1.165, 1.54) is 0 Å². The molecule has 6 nitrogen and oxygen atoms in total. The number of anilines is 3. The maximum atomic E-state index is 6.89. The van der Waals surface area contributed by atoms with E-state index < -0.39 is 5.54 Å². The van der Waals surface area contributed by atoms with Gasteiger partial charge in [0.25, 0.3) is 0 Å². The summed E-state index contributed by atoms with van der Waals surface area (Å²) in [4.78, 5) is 10.0. The number of hydrogen-bond donors (Lipinski definition) is 0. The van der Waals surface area contributed by atoms with Gasteiger partial charge in [0.1, 0.15) is 16.9 Å². The number of pyridine rings is 1. The number of benzene rings is 6. The van der Waals surface area contributed by atoms with Crippen molar-refractivity contribution in [3.05, 3.63) is 193 Å². The summed E-state index contributed by atoms with van der Waals surface area (Å²) >= 11 is 0. The molecule has 0 N–H and O–H groups in total. The molecule has 0 saturated carbocycles. The van der Waals surface area contributed by atoms with Crippen molar-refractivity contribution in [2.45, 2.75) is 5.54 Å². The third kappa shape index (κ3) is 4.31. The molecule has 11 rings (SSSR count). The molecule has 8 bridgehead atoms. The van der Waals surface area contributed by atoms with E-state index in [4.69, 9.17) is 14.1 Å². The van der Waals surface area contributed by atoms with Gasteiger partial charge in [-0.3, -0.25) is 0 Å². The Hall–Kier alpha value is -6.10. The number of hydrogen-bond acceptors (Lipinski definition) is 5. The second kappa shape index (κ2) is 11.7. The van der Waals surface area contributed by atoms with Gasteiger partial charge in [-0.1, -0.05) is 103 Å². The topological polar surface area (TPSA) is 46.7 Å². The number of aromatic nitrogens is 2. The molecule has 52 heavy (non-hydrogen) atoms. The number of furan rings is 1. The Bertz CT molecular complexity index is 2750. The molecule has 0 amide bonds. The first kappa shape index (κ1) is 30.7. The molecule has 9 aromatic rings. The number of nitrogens with zero attached hydrogens (tertiary/aromatic N) is 4. The molecular weight excluding hydrogens is 824 g/mol. The van der Waals surface area contributed by atoms with Crippen molar-refractivity contribution in [2.24, 2.45) is 0 Å². The van der Waals surface area contributed by atoms with Gasteiger partial charge in [0.05, 0.1) is 11.4 Å². The number of para-hydroxylation sites is 2. The van der Waals surface area contributed by atoms with Crippen LogP contribution >= 0.6 is 0 Å². The zero-order valence-electron chi connectivity index (χ0n) is 27.5. The molecule has 252 valence electrons. The first-order valence-corrected chi connectivity index (χ1v) is 17.0. The Morgan fingerprint density at radius 2 is 1.29 bits per heavy atom. The first-order chi connectivity index (χ1) is 25.3. The Morgan fingerprint density at radius 1 is 0.596 bits per heavy atom. The van der Waals surface area contributed by atoms with Crippen molar-refractivity contribution in [3.8, 4) is 17.3 Å². The van der Waals surface area contributed by atoms with Crippen LogP contribution in [0.25, 0.3) is 38.6 Å². The molecule has 0 radical (unpaired) electrons. The Kier molecular flexibility index (Phi) is 6.92. The zero-order chi connectivity index (χ0) is 33.5. The third-order valence-electron chi connectivity index (χ3n) is 10.1. The van der Waals surface area contributed by atoms with Crippen LogP contribution in [0.3, 0.4) is 0 Å². The van der Waals surface area contributed by atoms with E-state index >= 15 is 0 Å². The molecule has 0 spiro atoms. The minimum Gasteiger partial charge on any atom is -0.509 e. The van der Waals surface area contributed by atoms with Crippen molar-refractivity contribution < 1.29 is 30.2 Å². The van der Waals surface area contributed by atoms with Gasteiger partial charge in [-0.25, -0.2) is 4.98 Å². The average molecular weight is 851 g/mol. The van der Waals surface area contributed by atoms with Crippen molar-refractivity contribution in [1.82, 2.24) is 9.55 Å². The summed E-state index contributed by atoms with van der Waals surface area (Å²) in [6.07, 6.45) is 0. The van der Waals surface area contributed by atoms with Gasteiger partial charge in [0.15, 0.2) is 5.88 Å². The predicted octanol–water partition coefficient (Wildman–Crippen LogP) is 10.7. The van der Waals surface area contributed by atoms with Crippen LogP contribution < -0.4 is 14.5 Å². The minimum absolute atomic E-state index is 0. The summed E-state index contributed by atoms with van der Waals surface area (Å²) in [5, 5.41) is 3.18. The average Bonchev–Trinajstić information content (AvgIpc) is 3.85. The number of fused-ring (bicyclic) bond motifs is 17. The molecular formula is C45H27N4O2Pt-3. The Labute approximate surface area is 314 Å². The summed E-state index contributed by atoms with van der Waals surface area (Å²) < 4.78 is 15.6. The van der Waals surface area contributed by atoms with E-state index in [1.54, 1.807) is 0 Å². The van der Waals surface area contributed by atoms with Crippen LogP contribution in [0.5, 0.6) is 11.5 Å². The van der Waals surface area contributed by atoms with E-state index in [2.05, 4.69) is 148 Å². The molecule has 6 aromatic carbocycles. The molecule has 3 aromatic heterocycles.